The van der Waals surface area contributed by atoms with E-state index in [-0.39, 0.29) is 12.2 Å². The van der Waals surface area contributed by atoms with Crippen LogP contribution in [0, 0.1) is 0 Å². The van der Waals surface area contributed by atoms with Crippen LogP contribution in [0.2, 0.25) is 0 Å². The maximum atomic E-state index is 12.6. The summed E-state index contributed by atoms with van der Waals surface area (Å²) in [7, 11) is 0. The number of hydrogen-bond donors (Lipinski definition) is 0. The molecule has 0 radical (unpaired) electrons. The number of carbonyl (C=O) groups excluding carboxylic acids is 1. The number of benzene rings is 2. The predicted octanol–water partition coefficient (Wildman–Crippen LogP) is 4.19. The van der Waals surface area contributed by atoms with E-state index >= 15 is 0 Å². The van der Waals surface area contributed by atoms with Crippen LogP contribution in [0.1, 0.15) is 16.2 Å². The van der Waals surface area contributed by atoms with Crippen molar-refractivity contribution in [3.8, 4) is 0 Å². The topological polar surface area (TPSA) is 68.9 Å². The molecule has 4 rings (SSSR count). The van der Waals surface area contributed by atoms with Gasteiger partial charge in [0.15, 0.2) is 5.78 Å². The molecule has 0 saturated carbocycles. The normalized spacial score (nSPS) is 10.9. The van der Waals surface area contributed by atoms with Gasteiger partial charge in [-0.3, -0.25) is 9.78 Å². The zero-order valence-corrected chi connectivity index (χ0v) is 13.9. The maximum Gasteiger partial charge on any atom is 0.281 e. The summed E-state index contributed by atoms with van der Waals surface area (Å²) in [5, 5.41) is 9.33. The fourth-order valence-electron chi connectivity index (χ4n) is 2.50. The molecule has 2 aromatic carbocycles. The minimum Gasteiger partial charge on any atom is -0.415 e. The molecule has 0 amide bonds. The molecule has 0 bridgehead atoms. The van der Waals surface area contributed by atoms with Gasteiger partial charge >= 0.3 is 0 Å². The molecule has 0 saturated heterocycles. The van der Waals surface area contributed by atoms with Crippen LogP contribution in [-0.4, -0.2) is 21.0 Å². The van der Waals surface area contributed by atoms with Gasteiger partial charge in [0.1, 0.15) is 0 Å². The highest BCUT2D eigenvalue weighted by Crippen LogP contribution is 2.26. The number of Topliss-reactive ketones (excluding diaryl/α,β-unsaturated/α-hetero) is 1. The number of nitrogens with zero attached hydrogens (tertiary/aromatic N) is 3. The molecule has 0 spiro atoms. The lowest BCUT2D eigenvalue weighted by Crippen LogP contribution is -2.05. The second kappa shape index (κ2) is 6.86. The third-order valence-corrected chi connectivity index (χ3v) is 4.49. The van der Waals surface area contributed by atoms with Crippen molar-refractivity contribution in [2.75, 3.05) is 0 Å². The molecule has 0 aliphatic rings. The van der Waals surface area contributed by atoms with Gasteiger partial charge in [0.2, 0.25) is 5.89 Å². The van der Waals surface area contributed by atoms with Crippen molar-refractivity contribution in [2.45, 2.75) is 16.5 Å². The second-order valence-electron chi connectivity index (χ2n) is 5.36. The third kappa shape index (κ3) is 3.44. The van der Waals surface area contributed by atoms with Crippen molar-refractivity contribution in [1.82, 2.24) is 15.2 Å². The Morgan fingerprint density at radius 3 is 2.68 bits per heavy atom. The standard InChI is InChI=1S/C19H13N3O2S/c23-16(15-10-4-6-13-7-5-11-20-18(13)15)12-17-21-22-19(24-17)25-14-8-2-1-3-9-14/h1-11H,12H2. The Kier molecular flexibility index (Phi) is 4.26. The fourth-order valence-corrected chi connectivity index (χ4v) is 3.22. The third-order valence-electron chi connectivity index (χ3n) is 3.64. The molecule has 0 aliphatic heterocycles. The molecule has 0 fully saturated rings. The molecule has 0 N–H and O–H groups in total. The SMILES string of the molecule is O=C(Cc1nnc(Sc2ccccc2)o1)c1cccc2cccnc12. The zero-order valence-electron chi connectivity index (χ0n) is 13.1. The smallest absolute Gasteiger partial charge is 0.281 e. The van der Waals surface area contributed by atoms with Crippen molar-refractivity contribution in [3.05, 3.63) is 78.3 Å². The maximum absolute atomic E-state index is 12.6. The van der Waals surface area contributed by atoms with E-state index in [1.807, 2.05) is 54.6 Å². The van der Waals surface area contributed by atoms with Crippen LogP contribution in [0.3, 0.4) is 0 Å². The van der Waals surface area contributed by atoms with Gasteiger partial charge in [-0.1, -0.05) is 36.4 Å². The first kappa shape index (κ1) is 15.5. The van der Waals surface area contributed by atoms with Crippen molar-refractivity contribution in [1.29, 1.82) is 0 Å². The number of rotatable bonds is 5. The average Bonchev–Trinajstić information content (AvgIpc) is 3.09. The fraction of sp³-hybridized carbons (Fsp3) is 0.0526. The van der Waals surface area contributed by atoms with Crippen molar-refractivity contribution >= 4 is 28.4 Å². The minimum absolute atomic E-state index is 0.0536. The van der Waals surface area contributed by atoms with Crippen LogP contribution in [0.25, 0.3) is 10.9 Å². The van der Waals surface area contributed by atoms with Gasteiger partial charge in [0.05, 0.1) is 11.9 Å². The number of para-hydroxylation sites is 1. The first-order chi connectivity index (χ1) is 12.3. The average molecular weight is 347 g/mol. The number of aromatic nitrogens is 3. The molecule has 0 unspecified atom stereocenters. The molecular formula is C19H13N3O2S. The van der Waals surface area contributed by atoms with E-state index < -0.39 is 0 Å². The Bertz CT molecular complexity index is 1030. The van der Waals surface area contributed by atoms with Gasteiger partial charge in [-0.15, -0.1) is 10.2 Å². The minimum atomic E-state index is -0.0933. The van der Waals surface area contributed by atoms with E-state index in [0.29, 0.717) is 22.2 Å². The Morgan fingerprint density at radius 1 is 0.960 bits per heavy atom. The number of carbonyl (C=O) groups is 1. The lowest BCUT2D eigenvalue weighted by Gasteiger charge is -2.03. The van der Waals surface area contributed by atoms with Gasteiger partial charge in [-0.2, -0.15) is 0 Å². The van der Waals surface area contributed by atoms with Crippen LogP contribution in [-0.2, 0) is 6.42 Å². The number of pyridine rings is 1. The van der Waals surface area contributed by atoms with E-state index in [4.69, 9.17) is 4.42 Å². The van der Waals surface area contributed by atoms with E-state index in [1.54, 1.807) is 12.3 Å². The molecule has 25 heavy (non-hydrogen) atoms. The van der Waals surface area contributed by atoms with E-state index in [0.717, 1.165) is 10.3 Å². The van der Waals surface area contributed by atoms with E-state index in [1.165, 1.54) is 11.8 Å². The summed E-state index contributed by atoms with van der Waals surface area (Å²) >= 11 is 1.37. The van der Waals surface area contributed by atoms with Gasteiger partial charge in [-0.25, -0.2) is 0 Å². The van der Waals surface area contributed by atoms with Crippen LogP contribution in [0.5, 0.6) is 0 Å². The largest absolute Gasteiger partial charge is 0.415 e. The summed E-state index contributed by atoms with van der Waals surface area (Å²) in [6, 6.07) is 19.1. The molecule has 6 heteroatoms. The highest BCUT2D eigenvalue weighted by Gasteiger charge is 2.16. The quantitative estimate of drug-likeness (QED) is 0.504. The van der Waals surface area contributed by atoms with Crippen LogP contribution >= 0.6 is 11.8 Å². The van der Waals surface area contributed by atoms with E-state index in [2.05, 4.69) is 15.2 Å². The molecule has 0 atom stereocenters. The first-order valence-electron chi connectivity index (χ1n) is 7.72. The van der Waals surface area contributed by atoms with Gasteiger partial charge < -0.3 is 4.42 Å². The predicted molar refractivity (Wildman–Crippen MR) is 94.6 cm³/mol. The highest BCUT2D eigenvalue weighted by atomic mass is 32.2. The highest BCUT2D eigenvalue weighted by molar-refractivity contribution is 7.99. The molecule has 122 valence electrons. The Hall–Kier alpha value is -2.99. The molecule has 0 aliphatic carbocycles. The molecule has 2 heterocycles. The van der Waals surface area contributed by atoms with Crippen LogP contribution in [0.4, 0.5) is 0 Å². The summed E-state index contributed by atoms with van der Waals surface area (Å²) < 4.78 is 5.59. The number of hydrogen-bond acceptors (Lipinski definition) is 6. The molecule has 5 nitrogen and oxygen atoms in total. The first-order valence-corrected chi connectivity index (χ1v) is 8.53. The van der Waals surface area contributed by atoms with Crippen molar-refractivity contribution in [3.63, 3.8) is 0 Å². The summed E-state index contributed by atoms with van der Waals surface area (Å²) in [4.78, 5) is 17.9. The summed E-state index contributed by atoms with van der Waals surface area (Å²) in [5.74, 6) is 0.209. The summed E-state index contributed by atoms with van der Waals surface area (Å²) in [6.45, 7) is 0. The number of fused-ring (bicyclic) bond motifs is 1. The van der Waals surface area contributed by atoms with Crippen molar-refractivity contribution in [2.24, 2.45) is 0 Å². The van der Waals surface area contributed by atoms with Crippen LogP contribution < -0.4 is 0 Å². The summed E-state index contributed by atoms with van der Waals surface area (Å²) in [6.07, 6.45) is 1.73. The van der Waals surface area contributed by atoms with Crippen LogP contribution in [0.15, 0.2) is 81.4 Å². The van der Waals surface area contributed by atoms with Gasteiger partial charge in [-0.05, 0) is 36.0 Å². The number of ketones is 1. The van der Waals surface area contributed by atoms with Gasteiger partial charge in [0, 0.05) is 22.0 Å². The molecule has 4 aromatic rings. The Morgan fingerprint density at radius 2 is 1.80 bits per heavy atom. The Balaban J connectivity index is 1.53. The second-order valence-corrected chi connectivity index (χ2v) is 6.38. The van der Waals surface area contributed by atoms with Gasteiger partial charge in [0.25, 0.3) is 5.22 Å². The lowest BCUT2D eigenvalue weighted by molar-refractivity contribution is 0.0985. The lowest BCUT2D eigenvalue weighted by atomic mass is 10.0. The molecule has 2 aromatic heterocycles. The van der Waals surface area contributed by atoms with E-state index in [9.17, 15) is 4.79 Å². The zero-order chi connectivity index (χ0) is 17.1. The Labute approximate surface area is 148 Å². The monoisotopic (exact) mass is 347 g/mol. The summed E-state index contributed by atoms with van der Waals surface area (Å²) in [5.41, 5.74) is 1.25. The molecular weight excluding hydrogens is 334 g/mol. The van der Waals surface area contributed by atoms with Crippen molar-refractivity contribution < 1.29 is 9.21 Å².